The summed E-state index contributed by atoms with van der Waals surface area (Å²) in [4.78, 5) is 2.12. The van der Waals surface area contributed by atoms with Crippen molar-refractivity contribution in [2.24, 2.45) is 0 Å². The average molecular weight is 175 g/mol. The highest BCUT2D eigenvalue weighted by molar-refractivity contribution is 4.87. The number of methoxy groups -OCH3 is 1. The molecule has 1 aliphatic heterocycles. The van der Waals surface area contributed by atoms with E-state index in [0.717, 1.165) is 13.1 Å². The second-order valence-electron chi connectivity index (χ2n) is 3.49. The van der Waals surface area contributed by atoms with Crippen LogP contribution in [0, 0.1) is 0 Å². The molecule has 4 heteroatoms. The van der Waals surface area contributed by atoms with E-state index >= 15 is 0 Å². The maximum absolute atomic E-state index is 9.86. The predicted octanol–water partition coefficient (Wildman–Crippen LogP) is -0.592. The van der Waals surface area contributed by atoms with E-state index in [1.54, 1.807) is 0 Å². The Hall–Kier alpha value is -0.160. The highest BCUT2D eigenvalue weighted by atomic mass is 16.6. The summed E-state index contributed by atoms with van der Waals surface area (Å²) in [6, 6.07) is 0. The Morgan fingerprint density at radius 1 is 1.42 bits per heavy atom. The number of likely N-dealkylation sites (tertiary alicyclic amines) is 1. The molecule has 1 aliphatic rings. The third-order valence-corrected chi connectivity index (χ3v) is 2.54. The summed E-state index contributed by atoms with van der Waals surface area (Å²) in [7, 11) is 3.40. The van der Waals surface area contributed by atoms with Gasteiger partial charge in [0.25, 0.3) is 0 Å². The van der Waals surface area contributed by atoms with Crippen LogP contribution in [0.1, 0.15) is 12.8 Å². The number of rotatable bonds is 2. The summed E-state index contributed by atoms with van der Waals surface area (Å²) < 4.78 is 4.71. The first-order valence-electron chi connectivity index (χ1n) is 4.20. The molecule has 0 aromatic rings. The van der Waals surface area contributed by atoms with E-state index in [1.807, 2.05) is 7.05 Å². The summed E-state index contributed by atoms with van der Waals surface area (Å²) in [5.74, 6) is 0. The number of aliphatic hydroxyl groups excluding tert-OH is 1. The smallest absolute Gasteiger partial charge is 0.183 e. The van der Waals surface area contributed by atoms with Crippen molar-refractivity contribution in [1.29, 1.82) is 0 Å². The van der Waals surface area contributed by atoms with E-state index in [2.05, 4.69) is 4.90 Å². The molecule has 0 amide bonds. The maximum Gasteiger partial charge on any atom is 0.183 e. The van der Waals surface area contributed by atoms with Crippen LogP contribution in [0.15, 0.2) is 0 Å². The Morgan fingerprint density at radius 2 is 1.92 bits per heavy atom. The lowest BCUT2D eigenvalue weighted by Gasteiger charge is -2.38. The van der Waals surface area contributed by atoms with E-state index in [4.69, 9.17) is 4.74 Å². The van der Waals surface area contributed by atoms with E-state index in [0.29, 0.717) is 12.8 Å². The fourth-order valence-electron chi connectivity index (χ4n) is 1.47. The first-order chi connectivity index (χ1) is 5.58. The van der Waals surface area contributed by atoms with Gasteiger partial charge in [-0.25, -0.2) is 0 Å². The van der Waals surface area contributed by atoms with E-state index in [-0.39, 0.29) is 0 Å². The molecule has 1 rings (SSSR count). The Balaban J connectivity index is 2.49. The third kappa shape index (κ3) is 1.95. The van der Waals surface area contributed by atoms with E-state index < -0.39 is 11.9 Å². The first-order valence-corrected chi connectivity index (χ1v) is 4.20. The molecule has 0 saturated carbocycles. The summed E-state index contributed by atoms with van der Waals surface area (Å²) >= 11 is 0. The number of aliphatic hydroxyl groups is 2. The molecule has 0 aliphatic carbocycles. The fourth-order valence-corrected chi connectivity index (χ4v) is 1.47. The number of hydrogen-bond donors (Lipinski definition) is 2. The largest absolute Gasteiger partial charge is 0.384 e. The molecule has 1 heterocycles. The van der Waals surface area contributed by atoms with Crippen LogP contribution in [0.3, 0.4) is 0 Å². The number of ether oxygens (including phenoxy) is 1. The zero-order valence-electron chi connectivity index (χ0n) is 7.66. The Bertz CT molecular complexity index is 143. The van der Waals surface area contributed by atoms with Crippen molar-refractivity contribution in [3.63, 3.8) is 0 Å². The van der Waals surface area contributed by atoms with Gasteiger partial charge < -0.3 is 19.8 Å². The quantitative estimate of drug-likeness (QED) is 0.551. The predicted molar refractivity (Wildman–Crippen MR) is 44.7 cm³/mol. The lowest BCUT2D eigenvalue weighted by molar-refractivity contribution is -0.214. The molecule has 2 N–H and O–H groups in total. The molecule has 0 bridgehead atoms. The molecule has 1 saturated heterocycles. The Labute approximate surface area is 72.7 Å². The molecule has 0 aromatic heterocycles. The number of nitrogens with zero attached hydrogens (tertiary/aromatic N) is 1. The van der Waals surface area contributed by atoms with Gasteiger partial charge >= 0.3 is 0 Å². The van der Waals surface area contributed by atoms with Gasteiger partial charge in [0.2, 0.25) is 0 Å². The van der Waals surface area contributed by atoms with Crippen molar-refractivity contribution >= 4 is 0 Å². The van der Waals surface area contributed by atoms with Gasteiger partial charge in [-0.1, -0.05) is 0 Å². The summed E-state index contributed by atoms with van der Waals surface area (Å²) in [5.41, 5.74) is -1.04. The first kappa shape index (κ1) is 9.92. The minimum atomic E-state index is -1.05. The molecule has 1 fully saturated rings. The van der Waals surface area contributed by atoms with Gasteiger partial charge in [-0.05, 0) is 19.9 Å². The van der Waals surface area contributed by atoms with Gasteiger partial charge in [0.15, 0.2) is 6.29 Å². The highest BCUT2D eigenvalue weighted by Crippen LogP contribution is 2.25. The molecule has 1 atom stereocenters. The van der Waals surface area contributed by atoms with Crippen LogP contribution in [-0.4, -0.2) is 54.3 Å². The van der Waals surface area contributed by atoms with Crippen LogP contribution in [0.25, 0.3) is 0 Å². The zero-order valence-corrected chi connectivity index (χ0v) is 7.66. The van der Waals surface area contributed by atoms with E-state index in [9.17, 15) is 10.2 Å². The molecule has 12 heavy (non-hydrogen) atoms. The van der Waals surface area contributed by atoms with Crippen LogP contribution >= 0.6 is 0 Å². The Morgan fingerprint density at radius 3 is 2.33 bits per heavy atom. The van der Waals surface area contributed by atoms with Crippen LogP contribution in [-0.2, 0) is 4.74 Å². The van der Waals surface area contributed by atoms with Crippen molar-refractivity contribution < 1.29 is 14.9 Å². The molecule has 72 valence electrons. The van der Waals surface area contributed by atoms with Crippen molar-refractivity contribution in [3.8, 4) is 0 Å². The van der Waals surface area contributed by atoms with Crippen molar-refractivity contribution in [3.05, 3.63) is 0 Å². The standard InChI is InChI=1S/C8H17NO3/c1-9-5-3-8(11,4-6-9)7(10)12-2/h7,10-11H,3-6H2,1-2H3. The Kier molecular flexibility index (Phi) is 3.06. The van der Waals surface area contributed by atoms with Crippen molar-refractivity contribution in [2.75, 3.05) is 27.2 Å². The van der Waals surface area contributed by atoms with Gasteiger partial charge in [0.1, 0.15) is 5.60 Å². The molecule has 1 unspecified atom stereocenters. The lowest BCUT2D eigenvalue weighted by Crippen LogP contribution is -2.51. The summed E-state index contributed by atoms with van der Waals surface area (Å²) in [6.07, 6.45) is 0.0861. The molecule has 0 spiro atoms. The molecular formula is C8H17NO3. The minimum absolute atomic E-state index is 0.568. The average Bonchev–Trinajstić information content (AvgIpc) is 2.09. The third-order valence-electron chi connectivity index (χ3n) is 2.54. The second-order valence-corrected chi connectivity index (χ2v) is 3.49. The minimum Gasteiger partial charge on any atom is -0.384 e. The molecule has 0 aromatic carbocycles. The summed E-state index contributed by atoms with van der Waals surface area (Å²) in [6.45, 7) is 1.60. The normalized spacial score (nSPS) is 27.0. The monoisotopic (exact) mass is 175 g/mol. The van der Waals surface area contributed by atoms with Crippen LogP contribution in [0.5, 0.6) is 0 Å². The highest BCUT2D eigenvalue weighted by Gasteiger charge is 2.38. The molecule has 0 radical (unpaired) electrons. The SMILES string of the molecule is COC(O)C1(O)CCN(C)CC1. The second kappa shape index (κ2) is 3.70. The molecular weight excluding hydrogens is 158 g/mol. The van der Waals surface area contributed by atoms with Gasteiger partial charge in [-0.15, -0.1) is 0 Å². The number of hydrogen-bond acceptors (Lipinski definition) is 4. The fraction of sp³-hybridized carbons (Fsp3) is 1.00. The molecule has 4 nitrogen and oxygen atoms in total. The van der Waals surface area contributed by atoms with Gasteiger partial charge in [-0.2, -0.15) is 0 Å². The van der Waals surface area contributed by atoms with Gasteiger partial charge in [0, 0.05) is 20.2 Å². The van der Waals surface area contributed by atoms with Crippen LogP contribution in [0.4, 0.5) is 0 Å². The zero-order chi connectivity index (χ0) is 9.19. The van der Waals surface area contributed by atoms with Crippen molar-refractivity contribution in [2.45, 2.75) is 24.7 Å². The summed E-state index contributed by atoms with van der Waals surface area (Å²) in [5, 5.41) is 19.2. The lowest BCUT2D eigenvalue weighted by atomic mass is 9.91. The van der Waals surface area contributed by atoms with Gasteiger partial charge in [-0.3, -0.25) is 0 Å². The maximum atomic E-state index is 9.86. The van der Waals surface area contributed by atoms with Crippen LogP contribution < -0.4 is 0 Å². The van der Waals surface area contributed by atoms with Gasteiger partial charge in [0.05, 0.1) is 0 Å². The topological polar surface area (TPSA) is 52.9 Å². The van der Waals surface area contributed by atoms with Crippen molar-refractivity contribution in [1.82, 2.24) is 4.90 Å². The van der Waals surface area contributed by atoms with E-state index in [1.165, 1.54) is 7.11 Å². The number of piperidine rings is 1. The van der Waals surface area contributed by atoms with Crippen LogP contribution in [0.2, 0.25) is 0 Å².